The number of halogens is 2. The van der Waals surface area contributed by atoms with Gasteiger partial charge in [0.05, 0.1) is 5.02 Å². The lowest BCUT2D eigenvalue weighted by molar-refractivity contribution is 0.0694. The SMILES string of the molecule is O=C(O)c1c(-c2ccc(Cl)c(F)c2)noc1C1CCCC1. The standard InChI is InChI=1S/C15H13ClFNO3/c16-10-6-5-9(7-11(10)17)13-12(15(19)20)14(21-18-13)8-3-1-2-4-8/h5-8H,1-4H2,(H,19,20). The van der Waals surface area contributed by atoms with Crippen LogP contribution in [0.15, 0.2) is 22.7 Å². The fourth-order valence-corrected chi connectivity index (χ4v) is 2.93. The number of benzene rings is 1. The Labute approximate surface area is 125 Å². The van der Waals surface area contributed by atoms with E-state index in [0.717, 1.165) is 25.7 Å². The molecule has 2 aromatic rings. The lowest BCUT2D eigenvalue weighted by atomic mass is 9.97. The Morgan fingerprint density at radius 3 is 2.71 bits per heavy atom. The van der Waals surface area contributed by atoms with Gasteiger partial charge in [-0.2, -0.15) is 0 Å². The second-order valence-electron chi connectivity index (χ2n) is 5.19. The number of hydrogen-bond acceptors (Lipinski definition) is 3. The van der Waals surface area contributed by atoms with E-state index in [1.54, 1.807) is 0 Å². The van der Waals surface area contributed by atoms with E-state index in [1.807, 2.05) is 0 Å². The lowest BCUT2D eigenvalue weighted by Gasteiger charge is -2.05. The molecule has 0 aliphatic heterocycles. The number of carbonyl (C=O) groups is 1. The number of carboxylic acids is 1. The molecule has 4 nitrogen and oxygen atoms in total. The highest BCUT2D eigenvalue weighted by molar-refractivity contribution is 6.30. The molecule has 3 rings (SSSR count). The van der Waals surface area contributed by atoms with Crippen molar-refractivity contribution in [3.63, 3.8) is 0 Å². The van der Waals surface area contributed by atoms with Crippen molar-refractivity contribution in [3.8, 4) is 11.3 Å². The zero-order valence-corrected chi connectivity index (χ0v) is 11.9. The van der Waals surface area contributed by atoms with Gasteiger partial charge in [0.15, 0.2) is 5.76 Å². The van der Waals surface area contributed by atoms with E-state index in [1.165, 1.54) is 18.2 Å². The zero-order valence-electron chi connectivity index (χ0n) is 11.1. The summed E-state index contributed by atoms with van der Waals surface area (Å²) in [6.07, 6.45) is 3.89. The molecule has 0 unspecified atom stereocenters. The summed E-state index contributed by atoms with van der Waals surface area (Å²) in [6, 6.07) is 4.08. The van der Waals surface area contributed by atoms with Gasteiger partial charge in [0.1, 0.15) is 17.1 Å². The third-order valence-corrected chi connectivity index (χ3v) is 4.16. The number of aromatic nitrogens is 1. The molecule has 0 radical (unpaired) electrons. The molecule has 1 aromatic heterocycles. The monoisotopic (exact) mass is 309 g/mol. The second-order valence-corrected chi connectivity index (χ2v) is 5.59. The van der Waals surface area contributed by atoms with Crippen LogP contribution in [0.5, 0.6) is 0 Å². The topological polar surface area (TPSA) is 63.3 Å². The fraction of sp³-hybridized carbons (Fsp3) is 0.333. The summed E-state index contributed by atoms with van der Waals surface area (Å²) in [5.74, 6) is -1.25. The highest BCUT2D eigenvalue weighted by atomic mass is 35.5. The molecule has 0 atom stereocenters. The average molecular weight is 310 g/mol. The van der Waals surface area contributed by atoms with Crippen LogP contribution >= 0.6 is 11.6 Å². The van der Waals surface area contributed by atoms with E-state index in [2.05, 4.69) is 5.16 Å². The maximum Gasteiger partial charge on any atom is 0.341 e. The molecule has 1 aliphatic carbocycles. The maximum atomic E-state index is 13.6. The van der Waals surface area contributed by atoms with Crippen LogP contribution in [0.2, 0.25) is 5.02 Å². The Morgan fingerprint density at radius 1 is 1.38 bits per heavy atom. The van der Waals surface area contributed by atoms with Gasteiger partial charge in [-0.3, -0.25) is 0 Å². The summed E-state index contributed by atoms with van der Waals surface area (Å²) in [5, 5.41) is 13.3. The van der Waals surface area contributed by atoms with Crippen molar-refractivity contribution < 1.29 is 18.8 Å². The summed E-state index contributed by atoms with van der Waals surface area (Å²) >= 11 is 5.64. The van der Waals surface area contributed by atoms with Gasteiger partial charge in [0.2, 0.25) is 0 Å². The van der Waals surface area contributed by atoms with Crippen molar-refractivity contribution in [3.05, 3.63) is 40.4 Å². The van der Waals surface area contributed by atoms with E-state index >= 15 is 0 Å². The molecule has 0 spiro atoms. The van der Waals surface area contributed by atoms with Crippen molar-refractivity contribution >= 4 is 17.6 Å². The van der Waals surface area contributed by atoms with Crippen molar-refractivity contribution in [2.24, 2.45) is 0 Å². The molecule has 1 fully saturated rings. The Bertz CT molecular complexity index is 692. The van der Waals surface area contributed by atoms with Crippen LogP contribution in [0, 0.1) is 5.82 Å². The van der Waals surface area contributed by atoms with Gasteiger partial charge in [-0.15, -0.1) is 0 Å². The number of hydrogen-bond donors (Lipinski definition) is 1. The average Bonchev–Trinajstić information content (AvgIpc) is 3.09. The molecule has 0 bridgehead atoms. The van der Waals surface area contributed by atoms with Gasteiger partial charge >= 0.3 is 5.97 Å². The molecular formula is C15H13ClFNO3. The van der Waals surface area contributed by atoms with E-state index in [9.17, 15) is 14.3 Å². The first-order chi connectivity index (χ1) is 10.1. The molecule has 1 aliphatic rings. The van der Waals surface area contributed by atoms with Gasteiger partial charge in [0.25, 0.3) is 0 Å². The molecule has 1 heterocycles. The van der Waals surface area contributed by atoms with Crippen LogP contribution in [0.25, 0.3) is 11.3 Å². The van der Waals surface area contributed by atoms with Crippen LogP contribution < -0.4 is 0 Å². The fourth-order valence-electron chi connectivity index (χ4n) is 2.82. The van der Waals surface area contributed by atoms with Crippen LogP contribution in [-0.2, 0) is 0 Å². The number of aromatic carboxylic acids is 1. The van der Waals surface area contributed by atoms with E-state index in [-0.39, 0.29) is 22.2 Å². The molecule has 1 aromatic carbocycles. The Kier molecular flexibility index (Phi) is 3.68. The summed E-state index contributed by atoms with van der Waals surface area (Å²) in [6.45, 7) is 0. The van der Waals surface area contributed by atoms with Gasteiger partial charge < -0.3 is 9.63 Å². The van der Waals surface area contributed by atoms with Gasteiger partial charge in [-0.05, 0) is 25.0 Å². The van der Waals surface area contributed by atoms with Crippen molar-refractivity contribution in [2.75, 3.05) is 0 Å². The minimum absolute atomic E-state index is 0.0184. The third kappa shape index (κ3) is 2.53. The summed E-state index contributed by atoms with van der Waals surface area (Å²) in [7, 11) is 0. The van der Waals surface area contributed by atoms with Gasteiger partial charge in [-0.1, -0.05) is 35.7 Å². The first kappa shape index (κ1) is 14.1. The van der Waals surface area contributed by atoms with Crippen LogP contribution in [0.4, 0.5) is 4.39 Å². The number of rotatable bonds is 3. The quantitative estimate of drug-likeness (QED) is 0.907. The first-order valence-electron chi connectivity index (χ1n) is 6.76. The van der Waals surface area contributed by atoms with Crippen LogP contribution in [-0.4, -0.2) is 16.2 Å². The second kappa shape index (κ2) is 5.48. The summed E-state index contributed by atoms with van der Waals surface area (Å²) in [4.78, 5) is 11.6. The minimum Gasteiger partial charge on any atom is -0.477 e. The number of carboxylic acid groups (broad SMARTS) is 1. The molecule has 1 saturated carbocycles. The third-order valence-electron chi connectivity index (χ3n) is 3.85. The highest BCUT2D eigenvalue weighted by Crippen LogP contribution is 2.39. The summed E-state index contributed by atoms with van der Waals surface area (Å²) < 4.78 is 18.8. The van der Waals surface area contributed by atoms with Crippen LogP contribution in [0.1, 0.15) is 47.7 Å². The molecule has 6 heteroatoms. The Hall–Kier alpha value is -1.88. The van der Waals surface area contributed by atoms with Crippen LogP contribution in [0.3, 0.4) is 0 Å². The molecule has 0 amide bonds. The maximum absolute atomic E-state index is 13.6. The van der Waals surface area contributed by atoms with Crippen molar-refractivity contribution in [1.82, 2.24) is 5.16 Å². The van der Waals surface area contributed by atoms with E-state index in [0.29, 0.717) is 11.3 Å². The van der Waals surface area contributed by atoms with Gasteiger partial charge in [-0.25, -0.2) is 9.18 Å². The molecular weight excluding hydrogens is 297 g/mol. The van der Waals surface area contributed by atoms with Gasteiger partial charge in [0, 0.05) is 11.5 Å². The Morgan fingerprint density at radius 2 is 2.10 bits per heavy atom. The smallest absolute Gasteiger partial charge is 0.341 e. The highest BCUT2D eigenvalue weighted by Gasteiger charge is 2.31. The van der Waals surface area contributed by atoms with Crippen molar-refractivity contribution in [2.45, 2.75) is 31.6 Å². The summed E-state index contributed by atoms with van der Waals surface area (Å²) in [5.41, 5.74) is 0.533. The molecule has 1 N–H and O–H groups in total. The Balaban J connectivity index is 2.09. The largest absolute Gasteiger partial charge is 0.477 e. The zero-order chi connectivity index (χ0) is 15.0. The normalized spacial score (nSPS) is 15.5. The van der Waals surface area contributed by atoms with Crippen molar-refractivity contribution in [1.29, 1.82) is 0 Å². The predicted molar refractivity (Wildman–Crippen MR) is 75.1 cm³/mol. The first-order valence-corrected chi connectivity index (χ1v) is 7.14. The van der Waals surface area contributed by atoms with E-state index in [4.69, 9.17) is 16.1 Å². The van der Waals surface area contributed by atoms with E-state index < -0.39 is 11.8 Å². The molecule has 21 heavy (non-hydrogen) atoms. The number of nitrogens with zero attached hydrogens (tertiary/aromatic N) is 1. The molecule has 0 saturated heterocycles. The lowest BCUT2D eigenvalue weighted by Crippen LogP contribution is -2.04. The predicted octanol–water partition coefficient (Wildman–Crippen LogP) is 4.49. The minimum atomic E-state index is -1.11. The molecule has 110 valence electrons.